The third-order valence-electron chi connectivity index (χ3n) is 8.81. The highest BCUT2D eigenvalue weighted by Gasteiger charge is 2.41. The number of anilines is 1. The van der Waals surface area contributed by atoms with Crippen LogP contribution in [0.1, 0.15) is 19.4 Å². The van der Waals surface area contributed by atoms with E-state index in [2.05, 4.69) is 16.5 Å². The Morgan fingerprint density at radius 2 is 1.76 bits per heavy atom. The molecule has 1 aromatic heterocycles. The fourth-order valence-corrected chi connectivity index (χ4v) is 8.35. The molecule has 2 fully saturated rings. The molecule has 6 rings (SSSR count). The number of rotatable bonds is 4. The summed E-state index contributed by atoms with van der Waals surface area (Å²) < 4.78 is 81.5. The van der Waals surface area contributed by atoms with Crippen molar-refractivity contribution in [1.82, 2.24) is 19.4 Å². The van der Waals surface area contributed by atoms with Crippen molar-refractivity contribution in [3.63, 3.8) is 0 Å². The molecule has 0 radical (unpaired) electrons. The van der Waals surface area contributed by atoms with Gasteiger partial charge in [-0.3, -0.25) is 14.3 Å². The van der Waals surface area contributed by atoms with Crippen molar-refractivity contribution in [3.05, 3.63) is 63.6 Å². The molecule has 246 valence electrons. The first-order valence-corrected chi connectivity index (χ1v) is 16.1. The topological polar surface area (TPSA) is 70.9 Å². The third-order valence-corrected chi connectivity index (χ3v) is 10.3. The minimum absolute atomic E-state index is 0.0319. The van der Waals surface area contributed by atoms with Crippen LogP contribution in [0.4, 0.5) is 27.8 Å². The lowest BCUT2D eigenvalue weighted by Crippen LogP contribution is -2.58. The van der Waals surface area contributed by atoms with E-state index < -0.39 is 45.2 Å². The quantitative estimate of drug-likeness (QED) is 0.206. The molecule has 3 aromatic rings. The van der Waals surface area contributed by atoms with Gasteiger partial charge in [0.1, 0.15) is 17.5 Å². The van der Waals surface area contributed by atoms with Crippen molar-refractivity contribution >= 4 is 46.0 Å². The van der Waals surface area contributed by atoms with Crippen LogP contribution in [0.5, 0.6) is 0 Å². The fraction of sp³-hybridized carbons (Fsp3) is 0.452. The largest absolute Gasteiger partial charge is 0.417 e. The van der Waals surface area contributed by atoms with Gasteiger partial charge in [-0.15, -0.1) is 11.8 Å². The van der Waals surface area contributed by atoms with Crippen LogP contribution in [0.15, 0.2) is 40.5 Å². The number of piperazine rings is 1. The Labute approximate surface area is 270 Å². The molecule has 4 heterocycles. The zero-order valence-electron chi connectivity index (χ0n) is 25.0. The predicted octanol–water partition coefficient (Wildman–Crippen LogP) is 5.43. The maximum Gasteiger partial charge on any atom is 0.417 e. The fourth-order valence-electron chi connectivity index (χ4n) is 6.79. The average Bonchev–Trinajstić information content (AvgIpc) is 3.21. The summed E-state index contributed by atoms with van der Waals surface area (Å²) in [6, 6.07) is 1.20. The number of carbonyl (C=O) groups excluding carboxylic acids is 1. The number of thioether (sulfide) groups is 1. The van der Waals surface area contributed by atoms with Gasteiger partial charge in [0.25, 0.3) is 0 Å². The van der Waals surface area contributed by atoms with Gasteiger partial charge in [-0.05, 0) is 32.1 Å². The van der Waals surface area contributed by atoms with Gasteiger partial charge in [-0.2, -0.15) is 18.2 Å². The van der Waals surface area contributed by atoms with Gasteiger partial charge in [0.05, 0.1) is 29.3 Å². The van der Waals surface area contributed by atoms with Gasteiger partial charge in [0.15, 0.2) is 0 Å². The van der Waals surface area contributed by atoms with Crippen molar-refractivity contribution in [2.75, 3.05) is 50.0 Å². The number of morpholine rings is 1. The van der Waals surface area contributed by atoms with Crippen LogP contribution in [-0.2, 0) is 22.3 Å². The molecular formula is C31H31ClF5N5O3S. The van der Waals surface area contributed by atoms with Crippen molar-refractivity contribution in [2.24, 2.45) is 0 Å². The Balaban J connectivity index is 1.63. The maximum absolute atomic E-state index is 15.4. The van der Waals surface area contributed by atoms with E-state index in [9.17, 15) is 14.0 Å². The molecule has 15 heteroatoms. The smallest absolute Gasteiger partial charge is 0.379 e. The van der Waals surface area contributed by atoms with Gasteiger partial charge in [-0.1, -0.05) is 18.2 Å². The van der Waals surface area contributed by atoms with Gasteiger partial charge in [0, 0.05) is 84.1 Å². The molecule has 8 nitrogen and oxygen atoms in total. The van der Waals surface area contributed by atoms with E-state index in [-0.39, 0.29) is 71.0 Å². The van der Waals surface area contributed by atoms with Crippen LogP contribution >= 0.6 is 23.4 Å². The van der Waals surface area contributed by atoms with Gasteiger partial charge in [-0.25, -0.2) is 13.6 Å². The number of aromatic nitrogens is 2. The summed E-state index contributed by atoms with van der Waals surface area (Å²) in [5.41, 5.74) is -2.69. The number of nitrogens with zero attached hydrogens (tertiary/aromatic N) is 5. The van der Waals surface area contributed by atoms with Crippen LogP contribution in [-0.4, -0.2) is 88.5 Å². The van der Waals surface area contributed by atoms with Gasteiger partial charge < -0.3 is 14.5 Å². The molecule has 3 aliphatic rings. The number of hydrogen-bond acceptors (Lipinski definition) is 7. The summed E-state index contributed by atoms with van der Waals surface area (Å²) in [6.07, 6.45) is -3.77. The Morgan fingerprint density at radius 3 is 2.39 bits per heavy atom. The van der Waals surface area contributed by atoms with E-state index in [0.29, 0.717) is 32.4 Å². The second kappa shape index (κ2) is 12.4. The molecule has 2 aromatic carbocycles. The zero-order valence-corrected chi connectivity index (χ0v) is 26.6. The summed E-state index contributed by atoms with van der Waals surface area (Å²) in [5.74, 6) is -2.28. The molecular weight excluding hydrogens is 653 g/mol. The van der Waals surface area contributed by atoms with Crippen molar-refractivity contribution in [2.45, 2.75) is 49.6 Å². The lowest BCUT2D eigenvalue weighted by atomic mass is 9.95. The zero-order chi connectivity index (χ0) is 33.1. The molecule has 0 saturated carbocycles. The van der Waals surface area contributed by atoms with Crippen molar-refractivity contribution < 1.29 is 31.5 Å². The Bertz CT molecular complexity index is 1770. The van der Waals surface area contributed by atoms with Crippen LogP contribution in [0, 0.1) is 11.6 Å². The highest BCUT2D eigenvalue weighted by molar-refractivity contribution is 7.99. The molecule has 0 N–H and O–H groups in total. The first-order chi connectivity index (χ1) is 21.8. The number of alkyl halides is 3. The van der Waals surface area contributed by atoms with E-state index in [4.69, 9.17) is 16.3 Å². The highest BCUT2D eigenvalue weighted by atomic mass is 35.5. The minimum atomic E-state index is -4.97. The number of benzene rings is 2. The second-order valence-electron chi connectivity index (χ2n) is 11.8. The van der Waals surface area contributed by atoms with Crippen LogP contribution < -0.4 is 10.6 Å². The van der Waals surface area contributed by atoms with Crippen molar-refractivity contribution in [3.8, 4) is 11.1 Å². The molecule has 1 amide bonds. The molecule has 0 unspecified atom stereocenters. The lowest BCUT2D eigenvalue weighted by molar-refractivity contribution is -0.137. The van der Waals surface area contributed by atoms with Crippen LogP contribution in [0.3, 0.4) is 0 Å². The third kappa shape index (κ3) is 5.77. The molecule has 0 bridgehead atoms. The highest BCUT2D eigenvalue weighted by Crippen LogP contribution is 2.49. The molecule has 2 saturated heterocycles. The van der Waals surface area contributed by atoms with E-state index in [1.807, 2.05) is 0 Å². The first-order valence-electron chi connectivity index (χ1n) is 14.8. The van der Waals surface area contributed by atoms with Crippen LogP contribution in [0.2, 0.25) is 5.02 Å². The van der Waals surface area contributed by atoms with Crippen molar-refractivity contribution in [1.29, 1.82) is 0 Å². The Morgan fingerprint density at radius 1 is 1.09 bits per heavy atom. The van der Waals surface area contributed by atoms with E-state index >= 15 is 17.6 Å². The van der Waals surface area contributed by atoms with E-state index in [1.54, 1.807) is 23.6 Å². The standard InChI is InChI=1S/C31H31ClF5N5O3S/c1-4-25(43)42-16(2)12-40(13-17(42)3)29-20-9-21(31(35,36)37)26(19-10-22(32)24(34)11-23(19)33)28-27(20)41(30(44)38-29)14-18(15-46-28)39-5-7-45-8-6-39/h4,9-11,16-18H,1,5-8,12-15H2,2-3H3/t16-,17+,18-/m0/s1. The molecule has 3 aliphatic heterocycles. The number of carbonyl (C=O) groups is 1. The van der Waals surface area contributed by atoms with Gasteiger partial charge >= 0.3 is 11.9 Å². The lowest BCUT2D eigenvalue weighted by Gasteiger charge is -2.44. The van der Waals surface area contributed by atoms with E-state index in [0.717, 1.165) is 23.9 Å². The molecule has 0 spiro atoms. The number of amides is 1. The average molecular weight is 684 g/mol. The summed E-state index contributed by atoms with van der Waals surface area (Å²) >= 11 is 7.08. The normalized spacial score (nSPS) is 22.7. The monoisotopic (exact) mass is 683 g/mol. The number of halogens is 6. The summed E-state index contributed by atoms with van der Waals surface area (Å²) in [7, 11) is 0. The molecule has 0 aliphatic carbocycles. The second-order valence-corrected chi connectivity index (χ2v) is 13.2. The summed E-state index contributed by atoms with van der Waals surface area (Å²) in [6.45, 7) is 9.76. The summed E-state index contributed by atoms with van der Waals surface area (Å²) in [5, 5.41) is -0.471. The first kappa shape index (κ1) is 32.7. The minimum Gasteiger partial charge on any atom is -0.379 e. The molecule has 46 heavy (non-hydrogen) atoms. The predicted molar refractivity (Wildman–Crippen MR) is 166 cm³/mol. The molecule has 3 atom stereocenters. The maximum atomic E-state index is 15.4. The summed E-state index contributed by atoms with van der Waals surface area (Å²) in [4.78, 5) is 36.3. The van der Waals surface area contributed by atoms with Gasteiger partial charge in [0.2, 0.25) is 5.91 Å². The van der Waals surface area contributed by atoms with E-state index in [1.165, 1.54) is 10.6 Å². The number of ether oxygens (including phenoxy) is 1. The Kier molecular flexibility index (Phi) is 8.85. The SMILES string of the molecule is C=CC(=O)N1[C@H](C)CN(c2nc(=O)n3c4c(c(-c5cc(Cl)c(F)cc5F)c(C(F)(F)F)cc24)SC[C@@H](N2CCOCC2)C3)C[C@@H]1C. The van der Waals surface area contributed by atoms with Crippen LogP contribution in [0.25, 0.3) is 22.0 Å². The number of hydrogen-bond donors (Lipinski definition) is 0. The Hall–Kier alpha value is -3.20.